The third-order valence-corrected chi connectivity index (χ3v) is 5.61. The molecule has 1 atom stereocenters. The molecule has 1 aliphatic heterocycles. The number of amides is 1. The first-order valence-electron chi connectivity index (χ1n) is 8.69. The summed E-state index contributed by atoms with van der Waals surface area (Å²) in [5, 5.41) is 7.08. The van der Waals surface area contributed by atoms with Gasteiger partial charge in [0.25, 0.3) is 5.91 Å². The molecule has 26 heavy (non-hydrogen) atoms. The van der Waals surface area contributed by atoms with Gasteiger partial charge in [-0.1, -0.05) is 30.3 Å². The highest BCUT2D eigenvalue weighted by Crippen LogP contribution is 2.31. The quantitative estimate of drug-likeness (QED) is 0.717. The molecule has 1 heterocycles. The van der Waals surface area contributed by atoms with E-state index in [0.29, 0.717) is 6.54 Å². The summed E-state index contributed by atoms with van der Waals surface area (Å²) < 4.78 is 22.5. The second-order valence-corrected chi connectivity index (χ2v) is 8.23. The van der Waals surface area contributed by atoms with Crippen molar-refractivity contribution in [3.63, 3.8) is 0 Å². The molecule has 0 aliphatic carbocycles. The maximum Gasteiger partial charge on any atom is 0.282 e. The van der Waals surface area contributed by atoms with Gasteiger partial charge in [-0.15, -0.1) is 0 Å². The number of benzene rings is 2. The van der Waals surface area contributed by atoms with Crippen molar-refractivity contribution in [1.29, 1.82) is 0 Å². The van der Waals surface area contributed by atoms with Crippen molar-refractivity contribution < 1.29 is 18.5 Å². The van der Waals surface area contributed by atoms with E-state index < -0.39 is 10.0 Å². The Morgan fingerprint density at radius 2 is 1.88 bits per heavy atom. The number of fused-ring (bicyclic) bond motifs is 1. The molecule has 4 N–H and O–H groups in total. The van der Waals surface area contributed by atoms with Gasteiger partial charge in [0.1, 0.15) is 0 Å². The number of nitrogens with two attached hydrogens (primary N) is 2. The fourth-order valence-corrected chi connectivity index (χ4v) is 3.90. The molecule has 1 aliphatic rings. The van der Waals surface area contributed by atoms with Crippen molar-refractivity contribution in [2.75, 3.05) is 18.0 Å². The summed E-state index contributed by atoms with van der Waals surface area (Å²) >= 11 is 0. The van der Waals surface area contributed by atoms with Crippen LogP contribution < -0.4 is 15.4 Å². The summed E-state index contributed by atoms with van der Waals surface area (Å²) in [4.78, 5) is 14.6. The number of quaternary nitrogens is 1. The topological polar surface area (TPSA) is 97.1 Å². The lowest BCUT2D eigenvalue weighted by Gasteiger charge is -2.21. The Labute approximate surface area is 154 Å². The molecule has 2 aromatic rings. The second-order valence-electron chi connectivity index (χ2n) is 6.67. The Balaban J connectivity index is 1.50. The van der Waals surface area contributed by atoms with Gasteiger partial charge in [-0.2, -0.15) is 0 Å². The van der Waals surface area contributed by atoms with Gasteiger partial charge in [0.2, 0.25) is 10.0 Å². The molecule has 0 radical (unpaired) electrons. The highest BCUT2D eigenvalue weighted by molar-refractivity contribution is 7.89. The lowest BCUT2D eigenvalue weighted by Crippen LogP contribution is -2.87. The fourth-order valence-electron chi connectivity index (χ4n) is 3.38. The molecule has 1 amide bonds. The molecule has 6 nitrogen and oxygen atoms in total. The highest BCUT2D eigenvalue weighted by Gasteiger charge is 2.30. The van der Waals surface area contributed by atoms with Crippen molar-refractivity contribution in [1.82, 2.24) is 0 Å². The minimum Gasteiger partial charge on any atom is -0.338 e. The number of rotatable bonds is 6. The Kier molecular flexibility index (Phi) is 5.41. The van der Waals surface area contributed by atoms with Gasteiger partial charge in [0, 0.05) is 18.2 Å². The number of carbonyl (C=O) groups excluding carboxylic acids is 1. The number of carbonyl (C=O) groups is 1. The average molecular weight is 374 g/mol. The van der Waals surface area contributed by atoms with E-state index >= 15 is 0 Å². The summed E-state index contributed by atoms with van der Waals surface area (Å²) in [6.07, 6.45) is 1.66. The van der Waals surface area contributed by atoms with Gasteiger partial charge in [0.05, 0.1) is 11.4 Å². The van der Waals surface area contributed by atoms with Crippen molar-refractivity contribution in [2.45, 2.75) is 30.7 Å². The fraction of sp³-hybridized carbons (Fsp3) is 0.316. The van der Waals surface area contributed by atoms with Gasteiger partial charge in [-0.25, -0.2) is 13.6 Å². The predicted octanol–water partition coefficient (Wildman–Crippen LogP) is 0.418. The van der Waals surface area contributed by atoms with E-state index in [0.717, 1.165) is 30.6 Å². The van der Waals surface area contributed by atoms with Crippen LogP contribution in [-0.2, 0) is 27.7 Å². The number of sulfonamides is 1. The zero-order chi connectivity index (χ0) is 18.7. The van der Waals surface area contributed by atoms with Crippen LogP contribution in [0.2, 0.25) is 0 Å². The van der Waals surface area contributed by atoms with E-state index in [-0.39, 0.29) is 16.8 Å². The van der Waals surface area contributed by atoms with Gasteiger partial charge < -0.3 is 10.2 Å². The Morgan fingerprint density at radius 1 is 1.19 bits per heavy atom. The molecule has 0 saturated heterocycles. The molecule has 0 bridgehead atoms. The predicted molar refractivity (Wildman–Crippen MR) is 100 cm³/mol. The van der Waals surface area contributed by atoms with Gasteiger partial charge in [-0.3, -0.25) is 4.79 Å². The lowest BCUT2D eigenvalue weighted by molar-refractivity contribution is -0.643. The Bertz CT molecular complexity index is 895. The third-order valence-electron chi connectivity index (χ3n) is 4.68. The van der Waals surface area contributed by atoms with Crippen LogP contribution in [0.25, 0.3) is 0 Å². The molecule has 3 rings (SSSR count). The van der Waals surface area contributed by atoms with Crippen LogP contribution in [0.4, 0.5) is 5.69 Å². The highest BCUT2D eigenvalue weighted by atomic mass is 32.2. The van der Waals surface area contributed by atoms with Crippen LogP contribution in [0.5, 0.6) is 0 Å². The van der Waals surface area contributed by atoms with Crippen LogP contribution in [0.15, 0.2) is 53.4 Å². The first kappa shape index (κ1) is 18.6. The third kappa shape index (κ3) is 4.12. The summed E-state index contributed by atoms with van der Waals surface area (Å²) in [5.74, 6) is 0.118. The summed E-state index contributed by atoms with van der Waals surface area (Å²) in [6.45, 7) is 3.23. The summed E-state index contributed by atoms with van der Waals surface area (Å²) in [5.41, 5.74) is 3.27. The van der Waals surface area contributed by atoms with E-state index in [4.69, 9.17) is 5.14 Å². The van der Waals surface area contributed by atoms with E-state index in [1.165, 1.54) is 17.7 Å². The van der Waals surface area contributed by atoms with E-state index in [9.17, 15) is 13.2 Å². The standard InChI is InChI=1S/C19H23N3O3S/c1-14-12-16-4-2-3-5-18(16)22(14)19(23)13-21-11-10-15-6-8-17(9-7-15)26(20,24)25/h2-9,14,21H,10-13H2,1H3,(H2,20,24,25)/p+1/t14-/m0/s1. The molecule has 0 aromatic heterocycles. The van der Waals surface area contributed by atoms with Gasteiger partial charge in [0.15, 0.2) is 6.54 Å². The molecule has 0 saturated carbocycles. The van der Waals surface area contributed by atoms with Crippen LogP contribution in [0, 0.1) is 0 Å². The van der Waals surface area contributed by atoms with Gasteiger partial charge >= 0.3 is 0 Å². The maximum absolute atomic E-state index is 12.6. The first-order valence-corrected chi connectivity index (χ1v) is 10.2. The number of anilines is 1. The number of hydrogen-bond donors (Lipinski definition) is 2. The smallest absolute Gasteiger partial charge is 0.282 e. The zero-order valence-electron chi connectivity index (χ0n) is 14.8. The van der Waals surface area contributed by atoms with Crippen molar-refractivity contribution in [2.24, 2.45) is 5.14 Å². The SMILES string of the molecule is C[C@H]1Cc2ccccc2N1C(=O)C[NH2+]CCc1ccc(S(N)(=O)=O)cc1. The minimum atomic E-state index is -3.65. The summed E-state index contributed by atoms with van der Waals surface area (Å²) in [7, 11) is -3.65. The molecular formula is C19H24N3O3S+. The van der Waals surface area contributed by atoms with Crippen LogP contribution in [-0.4, -0.2) is 33.5 Å². The van der Waals surface area contributed by atoms with Gasteiger partial charge in [-0.05, 0) is 42.7 Å². The van der Waals surface area contributed by atoms with Crippen molar-refractivity contribution in [3.05, 3.63) is 59.7 Å². The molecule has 2 aromatic carbocycles. The Hall–Kier alpha value is -2.22. The Morgan fingerprint density at radius 3 is 2.58 bits per heavy atom. The molecule has 138 valence electrons. The van der Waals surface area contributed by atoms with E-state index in [1.807, 2.05) is 28.4 Å². The molecule has 7 heteroatoms. The van der Waals surface area contributed by atoms with Crippen LogP contribution in [0.3, 0.4) is 0 Å². The number of nitrogens with zero attached hydrogens (tertiary/aromatic N) is 1. The molecule has 0 fully saturated rings. The maximum atomic E-state index is 12.6. The largest absolute Gasteiger partial charge is 0.338 e. The minimum absolute atomic E-state index is 0.113. The van der Waals surface area contributed by atoms with Crippen LogP contribution in [0.1, 0.15) is 18.1 Å². The van der Waals surface area contributed by atoms with Crippen molar-refractivity contribution >= 4 is 21.6 Å². The lowest BCUT2D eigenvalue weighted by atomic mass is 10.1. The zero-order valence-corrected chi connectivity index (χ0v) is 15.6. The van der Waals surface area contributed by atoms with E-state index in [2.05, 4.69) is 13.0 Å². The van der Waals surface area contributed by atoms with E-state index in [1.54, 1.807) is 12.1 Å². The monoisotopic (exact) mass is 374 g/mol. The second kappa shape index (κ2) is 7.57. The molecular weight excluding hydrogens is 350 g/mol. The number of primary sulfonamides is 1. The average Bonchev–Trinajstić information content (AvgIpc) is 2.94. The molecule has 0 spiro atoms. The van der Waals surface area contributed by atoms with Crippen molar-refractivity contribution in [3.8, 4) is 0 Å². The number of para-hydroxylation sites is 1. The molecule has 0 unspecified atom stereocenters. The van der Waals surface area contributed by atoms with Crippen LogP contribution >= 0.6 is 0 Å². The summed E-state index contributed by atoms with van der Waals surface area (Å²) in [6, 6.07) is 14.8. The normalized spacial score (nSPS) is 16.5. The number of hydrogen-bond acceptors (Lipinski definition) is 3. The first-order chi connectivity index (χ1) is 12.4.